The maximum Gasteiger partial charge on any atom is 0.223 e. The number of hydrogen-bond donors (Lipinski definition) is 0. The van der Waals surface area contributed by atoms with Crippen molar-refractivity contribution >= 4 is 0 Å². The van der Waals surface area contributed by atoms with Gasteiger partial charge in [-0.25, -0.2) is 9.97 Å². The summed E-state index contributed by atoms with van der Waals surface area (Å²) in [4.78, 5) is 7.80. The number of hydrogen-bond acceptors (Lipinski definition) is 4. The van der Waals surface area contributed by atoms with Crippen LogP contribution in [0.2, 0.25) is 0 Å². The molecule has 1 aliphatic carbocycles. The normalized spacial score (nSPS) is 12.8. The molecule has 0 saturated heterocycles. The Balaban J connectivity index is 1.86. The van der Waals surface area contributed by atoms with Gasteiger partial charge in [0, 0.05) is 6.07 Å². The van der Waals surface area contributed by atoms with E-state index in [0.29, 0.717) is 11.6 Å². The summed E-state index contributed by atoms with van der Waals surface area (Å²) in [5.74, 6) is 1.16. The number of benzene rings is 1. The molecule has 2 aromatic rings. The molecule has 1 aromatic heterocycles. The molecule has 0 atom stereocenters. The smallest absolute Gasteiger partial charge is 0.223 e. The highest BCUT2D eigenvalue weighted by atomic mass is 16.5. The van der Waals surface area contributed by atoms with Crippen molar-refractivity contribution in [3.8, 4) is 17.7 Å². The first kappa shape index (κ1) is 10.7. The molecule has 1 aromatic carbocycles. The lowest BCUT2D eigenvalue weighted by Crippen LogP contribution is -1.92. The van der Waals surface area contributed by atoms with Crippen LogP contribution in [0.5, 0.6) is 11.6 Å². The van der Waals surface area contributed by atoms with Crippen molar-refractivity contribution in [3.05, 3.63) is 47.4 Å². The minimum absolute atomic E-state index is 0.307. The van der Waals surface area contributed by atoms with Crippen LogP contribution < -0.4 is 4.74 Å². The fourth-order valence-electron chi connectivity index (χ4n) is 2.19. The number of aryl methyl sites for hydroxylation is 2. The first-order chi connectivity index (χ1) is 8.85. The average Bonchev–Trinajstić information content (AvgIpc) is 2.86. The second-order valence-corrected chi connectivity index (χ2v) is 4.24. The van der Waals surface area contributed by atoms with Crippen molar-refractivity contribution in [2.75, 3.05) is 0 Å². The van der Waals surface area contributed by atoms with Crippen LogP contribution in [-0.4, -0.2) is 9.97 Å². The molecule has 0 fully saturated rings. The Hall–Kier alpha value is -2.41. The molecule has 4 nitrogen and oxygen atoms in total. The van der Waals surface area contributed by atoms with Crippen LogP contribution in [0.25, 0.3) is 0 Å². The van der Waals surface area contributed by atoms with Gasteiger partial charge in [0.25, 0.3) is 0 Å². The van der Waals surface area contributed by atoms with Crippen LogP contribution in [0.1, 0.15) is 23.2 Å². The Morgan fingerprint density at radius 2 is 2.00 bits per heavy atom. The van der Waals surface area contributed by atoms with Gasteiger partial charge in [-0.15, -0.1) is 0 Å². The molecular weight excluding hydrogens is 226 g/mol. The highest BCUT2D eigenvalue weighted by Crippen LogP contribution is 2.28. The number of aromatic nitrogens is 2. The van der Waals surface area contributed by atoms with Crippen molar-refractivity contribution in [2.24, 2.45) is 0 Å². The van der Waals surface area contributed by atoms with E-state index in [4.69, 9.17) is 10.00 Å². The van der Waals surface area contributed by atoms with Crippen molar-refractivity contribution in [1.82, 2.24) is 9.97 Å². The highest BCUT2D eigenvalue weighted by Gasteiger charge is 2.11. The summed E-state index contributed by atoms with van der Waals surface area (Å²) in [6.07, 6.45) is 4.81. The lowest BCUT2D eigenvalue weighted by atomic mass is 10.1. The molecule has 3 rings (SSSR count). The maximum atomic E-state index is 8.76. The van der Waals surface area contributed by atoms with Gasteiger partial charge in [0.1, 0.15) is 23.8 Å². The molecule has 0 radical (unpaired) electrons. The third kappa shape index (κ3) is 2.03. The van der Waals surface area contributed by atoms with E-state index in [9.17, 15) is 0 Å². The van der Waals surface area contributed by atoms with Crippen molar-refractivity contribution in [1.29, 1.82) is 5.26 Å². The van der Waals surface area contributed by atoms with Gasteiger partial charge >= 0.3 is 0 Å². The predicted molar refractivity (Wildman–Crippen MR) is 65.3 cm³/mol. The molecule has 0 N–H and O–H groups in total. The summed E-state index contributed by atoms with van der Waals surface area (Å²) in [6.45, 7) is 0. The zero-order chi connectivity index (χ0) is 12.4. The van der Waals surface area contributed by atoms with Gasteiger partial charge in [-0.05, 0) is 42.5 Å². The number of nitrogens with zero attached hydrogens (tertiary/aromatic N) is 3. The van der Waals surface area contributed by atoms with Crippen LogP contribution in [0.3, 0.4) is 0 Å². The van der Waals surface area contributed by atoms with Crippen LogP contribution in [0.15, 0.2) is 30.6 Å². The van der Waals surface area contributed by atoms with Gasteiger partial charge in [-0.3, -0.25) is 0 Å². The number of fused-ring (bicyclic) bond motifs is 1. The molecule has 0 unspecified atom stereocenters. The predicted octanol–water partition coefficient (Wildman–Crippen LogP) is 2.63. The summed E-state index contributed by atoms with van der Waals surface area (Å²) in [7, 11) is 0. The van der Waals surface area contributed by atoms with Crippen molar-refractivity contribution < 1.29 is 4.74 Å². The SMILES string of the molecule is N#Cc1cc(Oc2ccc3c(c2)CCC3)ncn1. The molecule has 0 spiro atoms. The molecule has 0 bridgehead atoms. The van der Waals surface area contributed by atoms with E-state index in [-0.39, 0.29) is 0 Å². The first-order valence-corrected chi connectivity index (χ1v) is 5.87. The van der Waals surface area contributed by atoms with Crippen LogP contribution in [0.4, 0.5) is 0 Å². The third-order valence-corrected chi connectivity index (χ3v) is 3.05. The van der Waals surface area contributed by atoms with Gasteiger partial charge in [-0.1, -0.05) is 6.07 Å². The van der Waals surface area contributed by atoms with E-state index in [1.807, 2.05) is 12.1 Å². The molecule has 1 heterocycles. The molecule has 0 aliphatic heterocycles. The topological polar surface area (TPSA) is 58.8 Å². The van der Waals surface area contributed by atoms with Gasteiger partial charge in [0.15, 0.2) is 0 Å². The first-order valence-electron chi connectivity index (χ1n) is 5.87. The van der Waals surface area contributed by atoms with Gasteiger partial charge in [0.05, 0.1) is 0 Å². The zero-order valence-corrected chi connectivity index (χ0v) is 9.76. The van der Waals surface area contributed by atoms with E-state index in [0.717, 1.165) is 18.6 Å². The second kappa shape index (κ2) is 4.46. The monoisotopic (exact) mass is 237 g/mol. The number of rotatable bonds is 2. The Morgan fingerprint density at radius 1 is 1.11 bits per heavy atom. The largest absolute Gasteiger partial charge is 0.439 e. The molecule has 88 valence electrons. The van der Waals surface area contributed by atoms with Crippen LogP contribution in [-0.2, 0) is 12.8 Å². The second-order valence-electron chi connectivity index (χ2n) is 4.24. The van der Waals surface area contributed by atoms with Gasteiger partial charge in [0.2, 0.25) is 5.88 Å². The molecule has 0 amide bonds. The third-order valence-electron chi connectivity index (χ3n) is 3.05. The lowest BCUT2D eigenvalue weighted by molar-refractivity contribution is 0.460. The Morgan fingerprint density at radius 3 is 2.89 bits per heavy atom. The van der Waals surface area contributed by atoms with Gasteiger partial charge < -0.3 is 4.74 Å². The summed E-state index contributed by atoms with van der Waals surface area (Å²) >= 11 is 0. The van der Waals surface area contributed by atoms with Crippen LogP contribution >= 0.6 is 0 Å². The molecular formula is C14H11N3O. The van der Waals surface area contributed by atoms with E-state index < -0.39 is 0 Å². The number of ether oxygens (including phenoxy) is 1. The Bertz CT molecular complexity index is 631. The average molecular weight is 237 g/mol. The van der Waals surface area contributed by atoms with E-state index in [2.05, 4.69) is 22.1 Å². The zero-order valence-electron chi connectivity index (χ0n) is 9.76. The maximum absolute atomic E-state index is 8.76. The van der Waals surface area contributed by atoms with Crippen LogP contribution in [0, 0.1) is 11.3 Å². The summed E-state index contributed by atoms with van der Waals surface area (Å²) in [6, 6.07) is 9.59. The molecule has 0 saturated carbocycles. The number of nitriles is 1. The summed E-state index contributed by atoms with van der Waals surface area (Å²) in [5.41, 5.74) is 3.06. The molecule has 4 heteroatoms. The fourth-order valence-corrected chi connectivity index (χ4v) is 2.19. The quantitative estimate of drug-likeness (QED) is 0.805. The van der Waals surface area contributed by atoms with Gasteiger partial charge in [-0.2, -0.15) is 5.26 Å². The standard InChI is InChI=1S/C14H11N3O/c15-8-12-7-14(17-9-16-12)18-13-5-4-10-2-1-3-11(10)6-13/h4-7,9H,1-3H2. The van der Waals surface area contributed by atoms with E-state index >= 15 is 0 Å². The van der Waals surface area contributed by atoms with Crippen molar-refractivity contribution in [3.63, 3.8) is 0 Å². The van der Waals surface area contributed by atoms with E-state index in [1.54, 1.807) is 0 Å². The minimum atomic E-state index is 0.307. The Kier molecular flexibility index (Phi) is 2.66. The minimum Gasteiger partial charge on any atom is -0.439 e. The highest BCUT2D eigenvalue weighted by molar-refractivity contribution is 5.40. The van der Waals surface area contributed by atoms with E-state index in [1.165, 1.54) is 29.9 Å². The van der Waals surface area contributed by atoms with Crippen molar-refractivity contribution in [2.45, 2.75) is 19.3 Å². The lowest BCUT2D eigenvalue weighted by Gasteiger charge is -2.06. The molecule has 1 aliphatic rings. The summed E-state index contributed by atoms with van der Waals surface area (Å²) < 4.78 is 5.64. The molecule has 18 heavy (non-hydrogen) atoms. The summed E-state index contributed by atoms with van der Waals surface area (Å²) in [5, 5.41) is 8.76. The Labute approximate surface area is 105 Å². The fraction of sp³-hybridized carbons (Fsp3) is 0.214.